The van der Waals surface area contributed by atoms with E-state index in [1.165, 1.54) is 24.3 Å². The van der Waals surface area contributed by atoms with Crippen molar-refractivity contribution in [3.8, 4) is 11.1 Å². The van der Waals surface area contributed by atoms with Gasteiger partial charge in [-0.05, 0) is 18.2 Å². The van der Waals surface area contributed by atoms with E-state index in [1.54, 1.807) is 0 Å². The number of amides is 1. The number of hydrogen-bond donors (Lipinski definition) is 1. The van der Waals surface area contributed by atoms with Crippen molar-refractivity contribution in [1.29, 1.82) is 0 Å². The van der Waals surface area contributed by atoms with Gasteiger partial charge in [-0.3, -0.25) is 0 Å². The summed E-state index contributed by atoms with van der Waals surface area (Å²) >= 11 is 5.59. The highest BCUT2D eigenvalue weighted by Gasteiger charge is 2.35. The monoisotopic (exact) mass is 433 g/mol. The van der Waals surface area contributed by atoms with E-state index in [1.807, 2.05) is 0 Å². The van der Waals surface area contributed by atoms with Crippen molar-refractivity contribution in [2.45, 2.75) is 12.1 Å². The van der Waals surface area contributed by atoms with Crippen molar-refractivity contribution in [2.24, 2.45) is 0 Å². The van der Waals surface area contributed by atoms with Crippen LogP contribution in [0.4, 0.5) is 36.8 Å². The summed E-state index contributed by atoms with van der Waals surface area (Å²) in [6.45, 7) is 0. The lowest BCUT2D eigenvalue weighted by Crippen LogP contribution is -2.23. The minimum atomic E-state index is -4.79. The van der Waals surface area contributed by atoms with Crippen LogP contribution in [0.3, 0.4) is 0 Å². The molecule has 3 aromatic rings. The van der Waals surface area contributed by atoms with Gasteiger partial charge in [-0.25, -0.2) is 18.0 Å². The summed E-state index contributed by atoms with van der Waals surface area (Å²) in [7, 11) is 0. The lowest BCUT2D eigenvalue weighted by Gasteiger charge is -2.13. The van der Waals surface area contributed by atoms with Gasteiger partial charge in [0.15, 0.2) is 17.3 Å². The number of anilines is 1. The van der Waals surface area contributed by atoms with Gasteiger partial charge in [0.2, 0.25) is 0 Å². The van der Waals surface area contributed by atoms with Crippen molar-refractivity contribution in [2.75, 3.05) is 5.32 Å². The van der Waals surface area contributed by atoms with Gasteiger partial charge in [-0.2, -0.15) is 23.0 Å². The molecule has 0 aliphatic heterocycles. The lowest BCUT2D eigenvalue weighted by molar-refractivity contribution is -0.141. The molecule has 0 spiro atoms. The number of halogens is 7. The van der Waals surface area contributed by atoms with Crippen molar-refractivity contribution in [1.82, 2.24) is 9.78 Å². The predicted octanol–water partition coefficient (Wildman–Crippen LogP) is 5.81. The van der Waals surface area contributed by atoms with Crippen LogP contribution in [0.2, 0.25) is 0 Å². The van der Waals surface area contributed by atoms with E-state index in [0.717, 1.165) is 0 Å². The fourth-order valence-electron chi connectivity index (χ4n) is 2.55. The zero-order chi connectivity index (χ0) is 21.3. The molecule has 1 amide bonds. The summed E-state index contributed by atoms with van der Waals surface area (Å²) in [5.41, 5.74) is -1.98. The molecule has 0 atom stereocenters. The van der Waals surface area contributed by atoms with Crippen LogP contribution >= 0.6 is 11.6 Å². The fourth-order valence-corrected chi connectivity index (χ4v) is 2.74. The molecule has 0 fully saturated rings. The van der Waals surface area contributed by atoms with Gasteiger partial charge in [-0.1, -0.05) is 18.2 Å². The largest absolute Gasteiger partial charge is 0.435 e. The average Bonchev–Trinajstić information content (AvgIpc) is 3.10. The Morgan fingerprint density at radius 3 is 2.31 bits per heavy atom. The van der Waals surface area contributed by atoms with E-state index in [-0.39, 0.29) is 22.5 Å². The summed E-state index contributed by atoms with van der Waals surface area (Å²) in [5, 5.41) is 5.48. The molecular formula is C18H10ClF6N3O. The first-order valence-corrected chi connectivity index (χ1v) is 8.42. The Morgan fingerprint density at radius 1 is 1.00 bits per heavy atom. The molecule has 0 aliphatic rings. The van der Waals surface area contributed by atoms with Gasteiger partial charge < -0.3 is 5.32 Å². The van der Waals surface area contributed by atoms with Gasteiger partial charge in [0.05, 0.1) is 17.3 Å². The molecule has 11 heteroatoms. The van der Waals surface area contributed by atoms with Crippen LogP contribution in [0.15, 0.2) is 42.5 Å². The van der Waals surface area contributed by atoms with E-state index in [9.17, 15) is 31.1 Å². The molecule has 3 rings (SSSR count). The fraction of sp³-hybridized carbons (Fsp3) is 0.111. The highest BCUT2D eigenvalue weighted by atomic mass is 35.5. The van der Waals surface area contributed by atoms with Crippen LogP contribution in [-0.4, -0.2) is 15.8 Å². The van der Waals surface area contributed by atoms with Crippen LogP contribution in [-0.2, 0) is 12.1 Å². The van der Waals surface area contributed by atoms with Gasteiger partial charge in [-0.15, -0.1) is 11.6 Å². The van der Waals surface area contributed by atoms with Gasteiger partial charge in [0.1, 0.15) is 5.82 Å². The number of carbonyl (C=O) groups is 1. The van der Waals surface area contributed by atoms with Crippen molar-refractivity contribution in [3.63, 3.8) is 0 Å². The first-order valence-electron chi connectivity index (χ1n) is 7.89. The van der Waals surface area contributed by atoms with Gasteiger partial charge in [0, 0.05) is 17.2 Å². The van der Waals surface area contributed by atoms with Crippen LogP contribution in [0.1, 0.15) is 11.4 Å². The summed E-state index contributed by atoms with van der Waals surface area (Å²) in [4.78, 5) is 12.5. The average molecular weight is 434 g/mol. The smallest absolute Gasteiger partial charge is 0.305 e. The molecule has 1 N–H and O–H groups in total. The maximum absolute atomic E-state index is 14.1. The lowest BCUT2D eigenvalue weighted by atomic mass is 10.0. The van der Waals surface area contributed by atoms with E-state index in [2.05, 4.69) is 10.4 Å². The molecule has 0 radical (unpaired) electrons. The highest BCUT2D eigenvalue weighted by molar-refractivity contribution is 6.17. The quantitative estimate of drug-likeness (QED) is 0.322. The second-order valence-electron chi connectivity index (χ2n) is 5.79. The Hall–Kier alpha value is -3.01. The first kappa shape index (κ1) is 20.7. The number of para-hydroxylation sites is 1. The molecular weight excluding hydrogens is 424 g/mol. The molecule has 0 aliphatic carbocycles. The van der Waals surface area contributed by atoms with E-state index in [4.69, 9.17) is 11.6 Å². The maximum atomic E-state index is 14.1. The molecule has 0 bridgehead atoms. The number of aromatic nitrogens is 2. The first-order chi connectivity index (χ1) is 13.6. The van der Waals surface area contributed by atoms with E-state index >= 15 is 0 Å². The van der Waals surface area contributed by atoms with Crippen LogP contribution < -0.4 is 5.32 Å². The number of carbonyl (C=O) groups excluding carboxylic acids is 1. The maximum Gasteiger partial charge on any atom is 0.435 e. The zero-order valence-corrected chi connectivity index (χ0v) is 15.0. The normalized spacial score (nSPS) is 11.6. The molecule has 1 heterocycles. The third-order valence-corrected chi connectivity index (χ3v) is 4.15. The Bertz CT molecular complexity index is 1080. The number of nitrogens with zero attached hydrogens (tertiary/aromatic N) is 2. The third kappa shape index (κ3) is 4.21. The van der Waals surface area contributed by atoms with Crippen LogP contribution in [0.5, 0.6) is 0 Å². The second kappa shape index (κ2) is 7.78. The van der Waals surface area contributed by atoms with E-state index in [0.29, 0.717) is 22.9 Å². The number of nitrogens with one attached hydrogen (secondary N) is 1. The molecule has 4 nitrogen and oxygen atoms in total. The van der Waals surface area contributed by atoms with Crippen molar-refractivity contribution < 1.29 is 31.1 Å². The molecule has 0 saturated carbocycles. The Morgan fingerprint density at radius 2 is 1.66 bits per heavy atom. The Labute approximate surface area is 164 Å². The number of alkyl halides is 4. The summed E-state index contributed by atoms with van der Waals surface area (Å²) in [6, 6.07) is 5.99. The number of benzene rings is 2. The zero-order valence-electron chi connectivity index (χ0n) is 14.2. The Kier molecular flexibility index (Phi) is 5.56. The Balaban J connectivity index is 2.00. The number of hydrogen-bond acceptors (Lipinski definition) is 2. The molecule has 2 aromatic carbocycles. The summed E-state index contributed by atoms with van der Waals surface area (Å²) < 4.78 is 79.8. The SMILES string of the molecule is O=C(Nc1ccccc1-c1cc(F)c(F)cc1F)n1nc(C(F)(F)F)cc1CCl. The highest BCUT2D eigenvalue weighted by Crippen LogP contribution is 2.32. The molecule has 152 valence electrons. The molecule has 1 aromatic heterocycles. The third-order valence-electron chi connectivity index (χ3n) is 3.87. The predicted molar refractivity (Wildman–Crippen MR) is 93.0 cm³/mol. The van der Waals surface area contributed by atoms with Gasteiger partial charge >= 0.3 is 12.2 Å². The standard InChI is InChI=1S/C18H10ClF6N3O/c19-8-9-5-16(18(23,24)25)27-28(9)17(29)26-15-4-2-1-3-10(15)11-6-13(21)14(22)7-12(11)20/h1-7H,8H2,(H,26,29). The van der Waals surface area contributed by atoms with Gasteiger partial charge in [0.25, 0.3) is 0 Å². The molecule has 29 heavy (non-hydrogen) atoms. The second-order valence-corrected chi connectivity index (χ2v) is 6.05. The minimum absolute atomic E-state index is 0.0205. The topological polar surface area (TPSA) is 46.9 Å². The number of rotatable bonds is 3. The van der Waals surface area contributed by atoms with Crippen LogP contribution in [0.25, 0.3) is 11.1 Å². The minimum Gasteiger partial charge on any atom is -0.305 e. The molecule has 0 saturated heterocycles. The molecule has 0 unspecified atom stereocenters. The van der Waals surface area contributed by atoms with Crippen LogP contribution in [0, 0.1) is 17.5 Å². The van der Waals surface area contributed by atoms with Crippen molar-refractivity contribution >= 4 is 23.3 Å². The van der Waals surface area contributed by atoms with E-state index < -0.39 is 41.2 Å². The summed E-state index contributed by atoms with van der Waals surface area (Å²) in [6.07, 6.45) is -4.79. The van der Waals surface area contributed by atoms with Crippen molar-refractivity contribution in [3.05, 3.63) is 71.3 Å². The summed E-state index contributed by atoms with van der Waals surface area (Å²) in [5.74, 6) is -4.23.